The van der Waals surface area contributed by atoms with E-state index in [0.717, 1.165) is 67.1 Å². The number of aromatic amines is 1. The number of carbonyl (C=O) groups is 1. The molecule has 5 rings (SSSR count). The Hall–Kier alpha value is -4.07. The van der Waals surface area contributed by atoms with E-state index in [-0.39, 0.29) is 11.9 Å². The summed E-state index contributed by atoms with van der Waals surface area (Å²) >= 11 is 0. The SMILES string of the molecule is CCC(C(=O)Nc1nccc2c(-c3nc(Nc4cn(C)nc4OC)ncc3C)c[nH]c12)N1CCN(CCOC)CC1. The van der Waals surface area contributed by atoms with Crippen molar-refractivity contribution in [2.45, 2.75) is 26.3 Å². The Kier molecular flexibility index (Phi) is 8.76. The van der Waals surface area contributed by atoms with Crippen LogP contribution in [0.5, 0.6) is 5.88 Å². The summed E-state index contributed by atoms with van der Waals surface area (Å²) in [5.74, 6) is 1.32. The summed E-state index contributed by atoms with van der Waals surface area (Å²) in [6, 6.07) is 1.69. The molecule has 4 aromatic rings. The van der Waals surface area contributed by atoms with Gasteiger partial charge in [-0.25, -0.2) is 15.0 Å². The lowest BCUT2D eigenvalue weighted by Crippen LogP contribution is -2.54. The van der Waals surface area contributed by atoms with Crippen LogP contribution in [0, 0.1) is 6.92 Å². The largest absolute Gasteiger partial charge is 0.478 e. The molecule has 0 bridgehead atoms. The van der Waals surface area contributed by atoms with Crippen LogP contribution in [-0.2, 0) is 16.6 Å². The first-order valence-electron chi connectivity index (χ1n) is 13.8. The average Bonchev–Trinajstić information content (AvgIpc) is 3.57. The number of piperazine rings is 1. The fraction of sp³-hybridized carbons (Fsp3) is 0.464. The lowest BCUT2D eigenvalue weighted by Gasteiger charge is -2.38. The molecule has 0 aliphatic carbocycles. The number of aromatic nitrogens is 6. The lowest BCUT2D eigenvalue weighted by molar-refractivity contribution is -0.122. The highest BCUT2D eigenvalue weighted by Gasteiger charge is 2.28. The van der Waals surface area contributed by atoms with Gasteiger partial charge in [0.1, 0.15) is 5.69 Å². The number of hydrogen-bond donors (Lipinski definition) is 3. The predicted molar refractivity (Wildman–Crippen MR) is 157 cm³/mol. The molecule has 41 heavy (non-hydrogen) atoms. The van der Waals surface area contributed by atoms with Gasteiger partial charge in [0, 0.05) is 76.4 Å². The first-order valence-corrected chi connectivity index (χ1v) is 13.8. The quantitative estimate of drug-likeness (QED) is 0.250. The summed E-state index contributed by atoms with van der Waals surface area (Å²) in [5, 5.41) is 11.5. The van der Waals surface area contributed by atoms with Gasteiger partial charge in [0.15, 0.2) is 5.82 Å². The van der Waals surface area contributed by atoms with Crippen LogP contribution in [0.3, 0.4) is 0 Å². The van der Waals surface area contributed by atoms with Crippen molar-refractivity contribution >= 4 is 34.3 Å². The van der Waals surface area contributed by atoms with E-state index in [2.05, 4.69) is 40.5 Å². The molecule has 1 amide bonds. The second-order valence-corrected chi connectivity index (χ2v) is 10.1. The maximum Gasteiger partial charge on any atom is 0.256 e. The topological polar surface area (TPSA) is 138 Å². The van der Waals surface area contributed by atoms with Crippen molar-refractivity contribution < 1.29 is 14.3 Å². The van der Waals surface area contributed by atoms with Crippen molar-refractivity contribution in [1.82, 2.24) is 39.5 Å². The van der Waals surface area contributed by atoms with Crippen LogP contribution in [0.2, 0.25) is 0 Å². The number of carbonyl (C=O) groups excluding carboxylic acids is 1. The summed E-state index contributed by atoms with van der Waals surface area (Å²) < 4.78 is 12.2. The van der Waals surface area contributed by atoms with E-state index < -0.39 is 0 Å². The molecule has 13 nitrogen and oxygen atoms in total. The van der Waals surface area contributed by atoms with Crippen LogP contribution in [0.4, 0.5) is 17.5 Å². The van der Waals surface area contributed by atoms with Crippen LogP contribution >= 0.6 is 0 Å². The maximum atomic E-state index is 13.5. The van der Waals surface area contributed by atoms with Gasteiger partial charge in [-0.1, -0.05) is 6.92 Å². The third kappa shape index (κ3) is 6.16. The van der Waals surface area contributed by atoms with E-state index in [1.54, 1.807) is 37.5 Å². The van der Waals surface area contributed by atoms with Crippen molar-refractivity contribution in [3.05, 3.63) is 36.4 Å². The molecule has 1 aliphatic rings. The number of fused-ring (bicyclic) bond motifs is 1. The second kappa shape index (κ2) is 12.6. The van der Waals surface area contributed by atoms with Gasteiger partial charge < -0.3 is 25.1 Å². The van der Waals surface area contributed by atoms with Gasteiger partial charge >= 0.3 is 0 Å². The summed E-state index contributed by atoms with van der Waals surface area (Å²) in [5.41, 5.74) is 3.97. The molecule has 3 N–H and O–H groups in total. The normalized spacial score (nSPS) is 15.2. The smallest absolute Gasteiger partial charge is 0.256 e. The van der Waals surface area contributed by atoms with E-state index in [1.165, 1.54) is 0 Å². The van der Waals surface area contributed by atoms with Gasteiger partial charge in [-0.15, -0.1) is 5.10 Å². The molecule has 1 aliphatic heterocycles. The zero-order valence-electron chi connectivity index (χ0n) is 24.3. The Morgan fingerprint density at radius 1 is 1.20 bits per heavy atom. The van der Waals surface area contributed by atoms with E-state index in [1.807, 2.05) is 33.2 Å². The number of methoxy groups -OCH3 is 2. The summed E-state index contributed by atoms with van der Waals surface area (Å²) in [7, 11) is 5.11. The first-order chi connectivity index (χ1) is 19.9. The zero-order chi connectivity index (χ0) is 28.9. The van der Waals surface area contributed by atoms with Gasteiger partial charge in [-0.2, -0.15) is 0 Å². The Morgan fingerprint density at radius 3 is 2.73 bits per heavy atom. The summed E-state index contributed by atoms with van der Waals surface area (Å²) in [4.78, 5) is 35.2. The predicted octanol–water partition coefficient (Wildman–Crippen LogP) is 2.80. The number of H-pyrrole nitrogens is 1. The van der Waals surface area contributed by atoms with Crippen LogP contribution in [-0.4, -0.2) is 105 Å². The van der Waals surface area contributed by atoms with Crippen LogP contribution in [0.1, 0.15) is 18.9 Å². The fourth-order valence-electron chi connectivity index (χ4n) is 5.27. The number of nitrogens with one attached hydrogen (secondary N) is 3. The first kappa shape index (κ1) is 28.5. The molecule has 0 aromatic carbocycles. The Labute approximate surface area is 239 Å². The molecule has 1 saturated heterocycles. The highest BCUT2D eigenvalue weighted by Crippen LogP contribution is 2.33. The molecular weight excluding hydrogens is 524 g/mol. The molecule has 0 spiro atoms. The molecule has 0 radical (unpaired) electrons. The molecule has 218 valence electrons. The monoisotopic (exact) mass is 562 g/mol. The third-order valence-corrected chi connectivity index (χ3v) is 7.45. The molecule has 13 heteroatoms. The number of hydrogen-bond acceptors (Lipinski definition) is 10. The maximum absolute atomic E-state index is 13.5. The molecule has 4 aromatic heterocycles. The van der Waals surface area contributed by atoms with E-state index in [9.17, 15) is 4.79 Å². The summed E-state index contributed by atoms with van der Waals surface area (Å²) in [6.07, 6.45) is 7.90. The number of amides is 1. The number of ether oxygens (including phenoxy) is 2. The van der Waals surface area contributed by atoms with Gasteiger partial charge in [0.2, 0.25) is 11.9 Å². The number of aryl methyl sites for hydroxylation is 2. The number of pyridine rings is 1. The summed E-state index contributed by atoms with van der Waals surface area (Å²) in [6.45, 7) is 9.17. The Bertz CT molecular complexity index is 1490. The standard InChI is InChI=1S/C28H38N10O3/c1-6-22(38-11-9-37(10-12-38)13-14-40-4)26(39)34-25-24-19(7-8-29-25)20(16-30-24)23-18(2)15-31-28(33-23)32-21-17-36(3)35-27(21)41-5/h7-8,15-17,22,30H,6,9-14H2,1-5H3,(H,29,34,39)(H,31,32,33). The Balaban J connectivity index is 1.35. The molecule has 5 heterocycles. The Morgan fingerprint density at radius 2 is 2.00 bits per heavy atom. The zero-order valence-corrected chi connectivity index (χ0v) is 24.3. The van der Waals surface area contributed by atoms with E-state index in [4.69, 9.17) is 14.5 Å². The van der Waals surface area contributed by atoms with Gasteiger partial charge in [-0.3, -0.25) is 19.3 Å². The molecule has 1 unspecified atom stereocenters. The van der Waals surface area contributed by atoms with E-state index >= 15 is 0 Å². The minimum Gasteiger partial charge on any atom is -0.478 e. The van der Waals surface area contributed by atoms with Gasteiger partial charge in [0.25, 0.3) is 5.88 Å². The number of anilines is 3. The van der Waals surface area contributed by atoms with Crippen molar-refractivity contribution in [3.63, 3.8) is 0 Å². The molecule has 1 atom stereocenters. The molecule has 1 fully saturated rings. The van der Waals surface area contributed by atoms with Crippen molar-refractivity contribution in [3.8, 4) is 17.1 Å². The third-order valence-electron chi connectivity index (χ3n) is 7.45. The van der Waals surface area contributed by atoms with Crippen LogP contribution < -0.4 is 15.4 Å². The minimum absolute atomic E-state index is 0.0517. The number of nitrogens with zero attached hydrogens (tertiary/aromatic N) is 7. The molecule has 0 saturated carbocycles. The van der Waals surface area contributed by atoms with Crippen molar-refractivity contribution in [2.75, 3.05) is 64.2 Å². The van der Waals surface area contributed by atoms with Gasteiger partial charge in [-0.05, 0) is 25.0 Å². The molecular formula is C28H38N10O3. The average molecular weight is 563 g/mol. The van der Waals surface area contributed by atoms with Crippen LogP contribution in [0.15, 0.2) is 30.9 Å². The van der Waals surface area contributed by atoms with Crippen molar-refractivity contribution in [2.24, 2.45) is 7.05 Å². The second-order valence-electron chi connectivity index (χ2n) is 10.1. The number of rotatable bonds is 11. The van der Waals surface area contributed by atoms with Gasteiger partial charge in [0.05, 0.1) is 37.2 Å². The van der Waals surface area contributed by atoms with Crippen molar-refractivity contribution in [1.29, 1.82) is 0 Å². The highest BCUT2D eigenvalue weighted by atomic mass is 16.5. The lowest BCUT2D eigenvalue weighted by atomic mass is 10.1. The minimum atomic E-state index is -0.228. The fourth-order valence-corrected chi connectivity index (χ4v) is 5.27. The van der Waals surface area contributed by atoms with E-state index in [0.29, 0.717) is 29.8 Å². The highest BCUT2D eigenvalue weighted by molar-refractivity contribution is 6.05. The van der Waals surface area contributed by atoms with Crippen LogP contribution in [0.25, 0.3) is 22.2 Å².